The van der Waals surface area contributed by atoms with Crippen molar-refractivity contribution in [3.05, 3.63) is 64.4 Å². The number of hydrogen-bond donors (Lipinski definition) is 2. The Bertz CT molecular complexity index is 987. The van der Waals surface area contributed by atoms with Gasteiger partial charge in [0.25, 0.3) is 5.56 Å². The summed E-state index contributed by atoms with van der Waals surface area (Å²) in [7, 11) is 1.62. The van der Waals surface area contributed by atoms with Crippen LogP contribution in [-0.4, -0.2) is 25.2 Å². The molecule has 28 heavy (non-hydrogen) atoms. The van der Waals surface area contributed by atoms with Crippen molar-refractivity contribution in [2.45, 2.75) is 32.2 Å². The maximum Gasteiger partial charge on any atom is 0.253 e. The lowest BCUT2D eigenvalue weighted by Gasteiger charge is -2.22. The normalized spacial score (nSPS) is 14.7. The highest BCUT2D eigenvalue weighted by molar-refractivity contribution is 5.80. The summed E-state index contributed by atoms with van der Waals surface area (Å²) < 4.78 is 5.22. The predicted octanol–water partition coefficient (Wildman–Crippen LogP) is 4.53. The summed E-state index contributed by atoms with van der Waals surface area (Å²) in [5, 5.41) is 4.36. The summed E-state index contributed by atoms with van der Waals surface area (Å²) in [5.74, 6) is 0.735. The first-order valence-corrected chi connectivity index (χ1v) is 10.0. The summed E-state index contributed by atoms with van der Waals surface area (Å²) in [4.78, 5) is 17.8. The van der Waals surface area contributed by atoms with Crippen molar-refractivity contribution < 1.29 is 4.74 Å². The molecule has 0 atom stereocenters. The number of benzene rings is 2. The highest BCUT2D eigenvalue weighted by Crippen LogP contribution is 2.22. The van der Waals surface area contributed by atoms with Gasteiger partial charge >= 0.3 is 0 Å². The molecule has 3 aromatic rings. The topological polar surface area (TPSA) is 57.4 Å². The molecule has 5 heteroatoms. The number of H-pyrrole nitrogens is 1. The Balaban J connectivity index is 1.45. The van der Waals surface area contributed by atoms with Crippen LogP contribution >= 0.6 is 0 Å². The van der Waals surface area contributed by atoms with Crippen molar-refractivity contribution in [3.63, 3.8) is 0 Å². The van der Waals surface area contributed by atoms with Gasteiger partial charge in [-0.2, -0.15) is 0 Å². The minimum Gasteiger partial charge on any atom is -0.497 e. The number of nitrogens with zero attached hydrogens (tertiary/aromatic N) is 1. The maximum atomic E-state index is 12.4. The minimum atomic E-state index is -0.0746. The highest BCUT2D eigenvalue weighted by atomic mass is 16.5. The fraction of sp³-hybridized carbons (Fsp3) is 0.348. The molecule has 2 heterocycles. The molecule has 4 rings (SSSR count). The number of aromatic nitrogens is 1. The summed E-state index contributed by atoms with van der Waals surface area (Å²) in [5.41, 5.74) is 3.73. The summed E-state index contributed by atoms with van der Waals surface area (Å²) in [6.07, 6.45) is 5.22. The zero-order chi connectivity index (χ0) is 19.3. The van der Waals surface area contributed by atoms with E-state index in [0.717, 1.165) is 35.4 Å². The van der Waals surface area contributed by atoms with Crippen LogP contribution in [0.5, 0.6) is 5.75 Å². The van der Waals surface area contributed by atoms with Crippen LogP contribution < -0.4 is 20.5 Å². The first-order valence-electron chi connectivity index (χ1n) is 10.0. The van der Waals surface area contributed by atoms with Gasteiger partial charge in [-0.1, -0.05) is 12.8 Å². The van der Waals surface area contributed by atoms with E-state index in [-0.39, 0.29) is 5.56 Å². The molecule has 1 aromatic heterocycles. The minimum absolute atomic E-state index is 0.0746. The Hall–Kier alpha value is -2.95. The highest BCUT2D eigenvalue weighted by Gasteiger charge is 2.10. The lowest BCUT2D eigenvalue weighted by molar-refractivity contribution is 0.415. The van der Waals surface area contributed by atoms with Crippen molar-refractivity contribution in [2.24, 2.45) is 0 Å². The van der Waals surface area contributed by atoms with Crippen LogP contribution in [-0.2, 0) is 6.54 Å². The van der Waals surface area contributed by atoms with Crippen LogP contribution in [0.4, 0.5) is 11.4 Å². The molecular formula is C23H27N3O2. The molecule has 0 amide bonds. The van der Waals surface area contributed by atoms with Crippen molar-refractivity contribution >= 4 is 22.3 Å². The van der Waals surface area contributed by atoms with Crippen molar-refractivity contribution in [1.82, 2.24) is 4.98 Å². The van der Waals surface area contributed by atoms with Gasteiger partial charge in [0, 0.05) is 42.6 Å². The zero-order valence-corrected chi connectivity index (χ0v) is 16.3. The molecule has 0 spiro atoms. The third-order valence-electron chi connectivity index (χ3n) is 5.45. The van der Waals surface area contributed by atoms with Crippen molar-refractivity contribution in [3.8, 4) is 5.75 Å². The molecule has 1 aliphatic heterocycles. The summed E-state index contributed by atoms with van der Waals surface area (Å²) in [6, 6.07) is 16.2. The van der Waals surface area contributed by atoms with E-state index in [1.54, 1.807) is 7.11 Å². The molecule has 0 bridgehead atoms. The molecule has 0 radical (unpaired) electrons. The third-order valence-corrected chi connectivity index (χ3v) is 5.45. The lowest BCUT2D eigenvalue weighted by Crippen LogP contribution is -2.23. The Morgan fingerprint density at radius 1 is 1.00 bits per heavy atom. The second-order valence-corrected chi connectivity index (χ2v) is 7.38. The van der Waals surface area contributed by atoms with Gasteiger partial charge in [-0.15, -0.1) is 0 Å². The molecule has 0 unspecified atom stereocenters. The molecule has 0 aliphatic carbocycles. The van der Waals surface area contributed by atoms with Crippen molar-refractivity contribution in [2.75, 3.05) is 30.4 Å². The van der Waals surface area contributed by atoms with E-state index in [4.69, 9.17) is 4.74 Å². The molecule has 146 valence electrons. The number of ether oxygens (including phenoxy) is 1. The zero-order valence-electron chi connectivity index (χ0n) is 16.3. The number of hydrogen-bond acceptors (Lipinski definition) is 4. The molecule has 2 aromatic carbocycles. The van der Waals surface area contributed by atoms with E-state index in [9.17, 15) is 4.79 Å². The Labute approximate surface area is 165 Å². The van der Waals surface area contributed by atoms with E-state index < -0.39 is 0 Å². The number of fused-ring (bicyclic) bond motifs is 1. The second-order valence-electron chi connectivity index (χ2n) is 7.38. The average molecular weight is 377 g/mol. The fourth-order valence-electron chi connectivity index (χ4n) is 3.80. The molecule has 5 nitrogen and oxygen atoms in total. The van der Waals surface area contributed by atoms with E-state index >= 15 is 0 Å². The maximum absolute atomic E-state index is 12.4. The van der Waals surface area contributed by atoms with Crippen LogP contribution in [0.2, 0.25) is 0 Å². The standard InChI is InChI=1S/C23H27N3O2/c1-28-21-11-6-17-14-18(23(27)25-22(17)15-21)16-24-19-7-9-20(10-8-19)26-12-4-2-3-5-13-26/h6-11,14-15,24H,2-5,12-13,16H2,1H3,(H,25,27). The second kappa shape index (κ2) is 8.38. The lowest BCUT2D eigenvalue weighted by atomic mass is 10.1. The SMILES string of the molecule is COc1ccc2cc(CNc3ccc(N4CCCCCC4)cc3)c(=O)[nH]c2c1. The molecule has 0 saturated carbocycles. The molecule has 1 fully saturated rings. The molecule has 1 aliphatic rings. The van der Waals surface area contributed by atoms with Crippen molar-refractivity contribution in [1.29, 1.82) is 0 Å². The summed E-state index contributed by atoms with van der Waals surface area (Å²) in [6.45, 7) is 2.77. The Morgan fingerprint density at radius 2 is 1.75 bits per heavy atom. The quantitative estimate of drug-likeness (QED) is 0.686. The van der Waals surface area contributed by atoms with Gasteiger partial charge in [-0.3, -0.25) is 4.79 Å². The van der Waals surface area contributed by atoms with Crippen LogP contribution in [0, 0.1) is 0 Å². The van der Waals surface area contributed by atoms with Gasteiger partial charge in [0.05, 0.1) is 12.6 Å². The molecule has 1 saturated heterocycles. The number of rotatable bonds is 5. The van der Waals surface area contributed by atoms with Gasteiger partial charge in [-0.25, -0.2) is 0 Å². The van der Waals surface area contributed by atoms with Gasteiger partial charge in [0.15, 0.2) is 0 Å². The Kier molecular flexibility index (Phi) is 5.51. The van der Waals surface area contributed by atoms with Gasteiger partial charge in [0.2, 0.25) is 0 Å². The smallest absolute Gasteiger partial charge is 0.253 e. The van der Waals surface area contributed by atoms with Gasteiger partial charge in [-0.05, 0) is 60.7 Å². The summed E-state index contributed by atoms with van der Waals surface area (Å²) >= 11 is 0. The van der Waals surface area contributed by atoms with Gasteiger partial charge in [0.1, 0.15) is 5.75 Å². The van der Waals surface area contributed by atoms with Gasteiger partial charge < -0.3 is 19.9 Å². The molecular weight excluding hydrogens is 350 g/mol. The average Bonchev–Trinajstić information content (AvgIpc) is 3.02. The van der Waals surface area contributed by atoms with Crippen LogP contribution in [0.15, 0.2) is 53.3 Å². The number of methoxy groups -OCH3 is 1. The van der Waals surface area contributed by atoms with E-state index in [1.807, 2.05) is 24.3 Å². The van der Waals surface area contributed by atoms with Crippen LogP contribution in [0.1, 0.15) is 31.2 Å². The predicted molar refractivity (Wildman–Crippen MR) is 116 cm³/mol. The van der Waals surface area contributed by atoms with E-state index in [0.29, 0.717) is 12.1 Å². The number of nitrogens with one attached hydrogen (secondary N) is 2. The fourth-order valence-corrected chi connectivity index (χ4v) is 3.80. The van der Waals surface area contributed by atoms with E-state index in [1.165, 1.54) is 31.4 Å². The number of aromatic amines is 1. The van der Waals surface area contributed by atoms with E-state index in [2.05, 4.69) is 39.5 Å². The number of pyridine rings is 1. The molecule has 2 N–H and O–H groups in total. The Morgan fingerprint density at radius 3 is 2.46 bits per heavy atom. The first kappa shape index (κ1) is 18.4. The van der Waals surface area contributed by atoms with Crippen LogP contribution in [0.3, 0.4) is 0 Å². The first-order chi connectivity index (χ1) is 13.7. The largest absolute Gasteiger partial charge is 0.497 e. The van der Waals surface area contributed by atoms with Crippen LogP contribution in [0.25, 0.3) is 10.9 Å². The third kappa shape index (κ3) is 4.14. The number of anilines is 2. The monoisotopic (exact) mass is 377 g/mol.